The fourth-order valence-corrected chi connectivity index (χ4v) is 2.35. The van der Waals surface area contributed by atoms with E-state index in [0.717, 1.165) is 15.8 Å². The third-order valence-corrected chi connectivity index (χ3v) is 4.20. The number of hydrogen-bond donors (Lipinski definition) is 3. The lowest BCUT2D eigenvalue weighted by atomic mass is 10.2. The Hall–Kier alpha value is -1.21. The molecule has 0 unspecified atom stereocenters. The summed E-state index contributed by atoms with van der Waals surface area (Å²) in [5.41, 5.74) is 6.81. The highest BCUT2D eigenvalue weighted by molar-refractivity contribution is 9.10. The van der Waals surface area contributed by atoms with Crippen molar-refractivity contribution in [1.82, 2.24) is 5.32 Å². The van der Waals surface area contributed by atoms with Crippen LogP contribution in [0.3, 0.4) is 0 Å². The highest BCUT2D eigenvalue weighted by atomic mass is 79.9. The first-order valence-electron chi connectivity index (χ1n) is 6.06. The van der Waals surface area contributed by atoms with Crippen LogP contribution in [-0.4, -0.2) is 30.0 Å². The Morgan fingerprint density at radius 3 is 2.70 bits per heavy atom. The second-order valence-corrected chi connectivity index (χ2v) is 6.14. The van der Waals surface area contributed by atoms with E-state index in [9.17, 15) is 9.59 Å². The molecule has 1 aromatic carbocycles. The van der Waals surface area contributed by atoms with Gasteiger partial charge >= 0.3 is 6.03 Å². The average Bonchev–Trinajstić information content (AvgIpc) is 2.38. The van der Waals surface area contributed by atoms with Crippen molar-refractivity contribution in [3.63, 3.8) is 0 Å². The fraction of sp³-hybridized carbons (Fsp3) is 0.385. The van der Waals surface area contributed by atoms with Crippen molar-refractivity contribution in [2.45, 2.75) is 19.4 Å². The van der Waals surface area contributed by atoms with E-state index in [4.69, 9.17) is 5.73 Å². The van der Waals surface area contributed by atoms with E-state index in [0.29, 0.717) is 12.1 Å². The lowest BCUT2D eigenvalue weighted by molar-refractivity contribution is -0.117. The van der Waals surface area contributed by atoms with Crippen LogP contribution in [0, 0.1) is 6.92 Å². The maximum atomic E-state index is 12.1. The van der Waals surface area contributed by atoms with Crippen LogP contribution in [0.5, 0.6) is 0 Å². The molecule has 0 heterocycles. The highest BCUT2D eigenvalue weighted by Gasteiger charge is 2.19. The molecular formula is C13H18BrN3O2S. The zero-order chi connectivity index (χ0) is 15.1. The van der Waals surface area contributed by atoms with Crippen LogP contribution in [0.1, 0.15) is 12.0 Å². The number of rotatable bonds is 6. The van der Waals surface area contributed by atoms with Crippen molar-refractivity contribution >= 4 is 45.3 Å². The van der Waals surface area contributed by atoms with Crippen molar-refractivity contribution in [2.75, 3.05) is 17.3 Å². The van der Waals surface area contributed by atoms with Gasteiger partial charge in [0.1, 0.15) is 6.04 Å². The summed E-state index contributed by atoms with van der Waals surface area (Å²) < 4.78 is 0.977. The van der Waals surface area contributed by atoms with Crippen LogP contribution in [0.2, 0.25) is 0 Å². The molecule has 0 bridgehead atoms. The van der Waals surface area contributed by atoms with Crippen LogP contribution in [-0.2, 0) is 4.79 Å². The molecule has 0 aromatic heterocycles. The molecule has 0 fully saturated rings. The third-order valence-electron chi connectivity index (χ3n) is 2.67. The largest absolute Gasteiger partial charge is 0.352 e. The van der Waals surface area contributed by atoms with Crippen LogP contribution in [0.15, 0.2) is 22.7 Å². The molecule has 0 radical (unpaired) electrons. The summed E-state index contributed by atoms with van der Waals surface area (Å²) in [6.07, 6.45) is 2.47. The van der Waals surface area contributed by atoms with Gasteiger partial charge in [0, 0.05) is 10.2 Å². The number of thioether (sulfide) groups is 1. The number of carbonyl (C=O) groups excluding carboxylic acids is 2. The van der Waals surface area contributed by atoms with E-state index in [1.165, 1.54) is 0 Å². The van der Waals surface area contributed by atoms with Crippen molar-refractivity contribution in [1.29, 1.82) is 0 Å². The summed E-state index contributed by atoms with van der Waals surface area (Å²) in [5, 5.41) is 5.25. The molecule has 110 valence electrons. The normalized spacial score (nSPS) is 11.8. The zero-order valence-corrected chi connectivity index (χ0v) is 13.8. The molecule has 0 spiro atoms. The minimum absolute atomic E-state index is 0.264. The second-order valence-electron chi connectivity index (χ2n) is 4.30. The van der Waals surface area contributed by atoms with E-state index in [2.05, 4.69) is 26.6 Å². The monoisotopic (exact) mass is 359 g/mol. The number of primary amides is 1. The molecule has 0 saturated heterocycles. The van der Waals surface area contributed by atoms with Gasteiger partial charge in [-0.3, -0.25) is 4.79 Å². The van der Waals surface area contributed by atoms with E-state index in [1.54, 1.807) is 17.8 Å². The van der Waals surface area contributed by atoms with E-state index < -0.39 is 12.1 Å². The van der Waals surface area contributed by atoms with E-state index in [1.807, 2.05) is 25.3 Å². The van der Waals surface area contributed by atoms with Crippen LogP contribution in [0.25, 0.3) is 0 Å². The van der Waals surface area contributed by atoms with Gasteiger partial charge in [0.05, 0.1) is 0 Å². The lowest BCUT2D eigenvalue weighted by Crippen LogP contribution is -2.46. The summed E-state index contributed by atoms with van der Waals surface area (Å²) >= 11 is 5.01. The predicted molar refractivity (Wildman–Crippen MR) is 87.0 cm³/mol. The molecule has 1 aromatic rings. The summed E-state index contributed by atoms with van der Waals surface area (Å²) in [4.78, 5) is 23.1. The van der Waals surface area contributed by atoms with Gasteiger partial charge in [-0.15, -0.1) is 0 Å². The molecule has 0 aliphatic heterocycles. The molecule has 0 saturated carbocycles. The van der Waals surface area contributed by atoms with Crippen LogP contribution < -0.4 is 16.4 Å². The Morgan fingerprint density at radius 1 is 1.45 bits per heavy atom. The summed E-state index contributed by atoms with van der Waals surface area (Å²) in [7, 11) is 0. The topological polar surface area (TPSA) is 84.2 Å². The van der Waals surface area contributed by atoms with Crippen molar-refractivity contribution < 1.29 is 9.59 Å². The van der Waals surface area contributed by atoms with Gasteiger partial charge in [-0.25, -0.2) is 4.79 Å². The predicted octanol–water partition coefficient (Wildman–Crippen LogP) is 2.49. The maximum absolute atomic E-state index is 12.1. The number of halogens is 1. The number of anilines is 1. The van der Waals surface area contributed by atoms with Crippen molar-refractivity contribution in [3.05, 3.63) is 28.2 Å². The molecule has 4 N–H and O–H groups in total. The number of amides is 3. The molecule has 1 rings (SSSR count). The Balaban J connectivity index is 2.73. The molecule has 5 nitrogen and oxygen atoms in total. The van der Waals surface area contributed by atoms with Crippen LogP contribution in [0.4, 0.5) is 10.5 Å². The Morgan fingerprint density at radius 2 is 2.15 bits per heavy atom. The number of benzene rings is 1. The standard InChI is InChI=1S/C13H18BrN3O2S/c1-8-7-9(3-4-10(8)14)16-12(18)11(5-6-20-2)17-13(15)19/h3-4,7,11H,5-6H2,1-2H3,(H,16,18)(H3,15,17,19)/t11-/m1/s1. The Bertz CT molecular complexity index is 497. The molecular weight excluding hydrogens is 342 g/mol. The number of nitrogens with one attached hydrogen (secondary N) is 2. The van der Waals surface area contributed by atoms with Gasteiger partial charge in [-0.05, 0) is 49.1 Å². The quantitative estimate of drug-likeness (QED) is 0.729. The van der Waals surface area contributed by atoms with Crippen molar-refractivity contribution in [2.24, 2.45) is 5.73 Å². The minimum Gasteiger partial charge on any atom is -0.352 e. The molecule has 20 heavy (non-hydrogen) atoms. The Kier molecular flexibility index (Phi) is 6.87. The summed E-state index contributed by atoms with van der Waals surface area (Å²) in [6.45, 7) is 1.94. The SMILES string of the molecule is CSCC[C@@H](NC(N)=O)C(=O)Nc1ccc(Br)c(C)c1. The van der Waals surface area contributed by atoms with Gasteiger partial charge in [-0.1, -0.05) is 15.9 Å². The minimum atomic E-state index is -0.696. The first kappa shape index (κ1) is 16.8. The number of carbonyl (C=O) groups is 2. The lowest BCUT2D eigenvalue weighted by Gasteiger charge is -2.17. The maximum Gasteiger partial charge on any atom is 0.312 e. The van der Waals surface area contributed by atoms with Gasteiger partial charge in [0.25, 0.3) is 0 Å². The van der Waals surface area contributed by atoms with Crippen molar-refractivity contribution in [3.8, 4) is 0 Å². The smallest absolute Gasteiger partial charge is 0.312 e. The molecule has 0 aliphatic carbocycles. The zero-order valence-electron chi connectivity index (χ0n) is 11.4. The van der Waals surface area contributed by atoms with E-state index >= 15 is 0 Å². The number of urea groups is 1. The molecule has 1 atom stereocenters. The van der Waals surface area contributed by atoms with Gasteiger partial charge < -0.3 is 16.4 Å². The van der Waals surface area contributed by atoms with Crippen LogP contribution >= 0.6 is 27.7 Å². The summed E-state index contributed by atoms with van der Waals surface area (Å²) in [5.74, 6) is 0.497. The first-order chi connectivity index (χ1) is 9.43. The second kappa shape index (κ2) is 8.16. The third kappa shape index (κ3) is 5.42. The highest BCUT2D eigenvalue weighted by Crippen LogP contribution is 2.20. The number of aryl methyl sites for hydroxylation is 1. The van der Waals surface area contributed by atoms with Gasteiger partial charge in [-0.2, -0.15) is 11.8 Å². The van der Waals surface area contributed by atoms with Gasteiger partial charge in [0.15, 0.2) is 0 Å². The number of hydrogen-bond acceptors (Lipinski definition) is 3. The molecule has 0 aliphatic rings. The summed E-state index contributed by atoms with van der Waals surface area (Å²) in [6, 6.07) is 4.20. The number of nitrogens with two attached hydrogens (primary N) is 1. The van der Waals surface area contributed by atoms with E-state index in [-0.39, 0.29) is 5.91 Å². The average molecular weight is 360 g/mol. The van der Waals surface area contributed by atoms with Gasteiger partial charge in [0.2, 0.25) is 5.91 Å². The molecule has 3 amide bonds. The molecule has 7 heteroatoms. The Labute approximate surface area is 131 Å². The first-order valence-corrected chi connectivity index (χ1v) is 8.24. The fourth-order valence-electron chi connectivity index (χ4n) is 1.63.